The molecule has 3 N–H and O–H groups in total. The maximum atomic E-state index is 12.4. The molecule has 0 heterocycles. The number of allylic oxidation sites excluding steroid dienone is 7. The van der Waals surface area contributed by atoms with E-state index in [0.29, 0.717) is 6.42 Å². The highest BCUT2D eigenvalue weighted by atomic mass is 16.3. The zero-order chi connectivity index (χ0) is 40.7. The minimum absolute atomic E-state index is 0.0766. The predicted octanol–water partition coefficient (Wildman–Crippen LogP) is 15.9. The first kappa shape index (κ1) is 54.3. The topological polar surface area (TPSA) is 69.6 Å². The van der Waals surface area contributed by atoms with Gasteiger partial charge in [-0.05, 0) is 70.6 Å². The molecule has 0 bridgehead atoms. The van der Waals surface area contributed by atoms with Crippen LogP contribution >= 0.6 is 0 Å². The normalized spacial score (nSPS) is 13.3. The lowest BCUT2D eigenvalue weighted by molar-refractivity contribution is -0.123. The number of nitrogens with one attached hydrogen (secondary N) is 1. The average Bonchev–Trinajstić information content (AvgIpc) is 3.20. The lowest BCUT2D eigenvalue weighted by Gasteiger charge is -2.19. The molecule has 0 saturated heterocycles. The summed E-state index contributed by atoms with van der Waals surface area (Å²) in [5.41, 5.74) is 0. The Bertz CT molecular complexity index is 893. The van der Waals surface area contributed by atoms with Gasteiger partial charge in [-0.15, -0.1) is 0 Å². The molecule has 0 aliphatic rings. The molecule has 2 unspecified atom stereocenters. The van der Waals surface area contributed by atoms with Gasteiger partial charge in [-0.2, -0.15) is 0 Å². The number of unbranched alkanes of at least 4 members (excludes halogenated alkanes) is 32. The maximum absolute atomic E-state index is 12.4. The van der Waals surface area contributed by atoms with Crippen LogP contribution in [0.4, 0.5) is 0 Å². The largest absolute Gasteiger partial charge is 0.394 e. The molecule has 56 heavy (non-hydrogen) atoms. The highest BCUT2D eigenvalue weighted by molar-refractivity contribution is 5.76. The summed E-state index contributed by atoms with van der Waals surface area (Å²) in [6.45, 7) is 4.27. The molecule has 4 heteroatoms. The van der Waals surface area contributed by atoms with Crippen LogP contribution in [0.1, 0.15) is 258 Å². The van der Waals surface area contributed by atoms with Gasteiger partial charge in [0.1, 0.15) is 0 Å². The van der Waals surface area contributed by atoms with Crippen molar-refractivity contribution >= 4 is 5.91 Å². The van der Waals surface area contributed by atoms with Gasteiger partial charge in [-0.1, -0.05) is 229 Å². The van der Waals surface area contributed by atoms with E-state index in [2.05, 4.69) is 55.6 Å². The van der Waals surface area contributed by atoms with E-state index in [0.717, 1.165) is 38.5 Å². The highest BCUT2D eigenvalue weighted by Crippen LogP contribution is 2.16. The molecule has 0 spiro atoms. The van der Waals surface area contributed by atoms with Crippen molar-refractivity contribution in [2.45, 2.75) is 270 Å². The number of carbonyl (C=O) groups excluding carboxylic acids is 1. The Morgan fingerprint density at radius 3 is 1.07 bits per heavy atom. The molecule has 0 aliphatic carbocycles. The fourth-order valence-electron chi connectivity index (χ4n) is 7.44. The van der Waals surface area contributed by atoms with E-state index in [-0.39, 0.29) is 12.5 Å². The minimum Gasteiger partial charge on any atom is -0.394 e. The molecule has 0 aliphatic heterocycles. The molecule has 328 valence electrons. The number of rotatable bonds is 45. The zero-order valence-corrected chi connectivity index (χ0v) is 37.7. The van der Waals surface area contributed by atoms with Crippen LogP contribution in [-0.2, 0) is 4.79 Å². The van der Waals surface area contributed by atoms with Crippen LogP contribution in [0.25, 0.3) is 0 Å². The van der Waals surface area contributed by atoms with Gasteiger partial charge in [0.2, 0.25) is 5.91 Å². The van der Waals surface area contributed by atoms with Crippen LogP contribution in [-0.4, -0.2) is 34.9 Å². The van der Waals surface area contributed by atoms with Crippen molar-refractivity contribution in [1.82, 2.24) is 5.32 Å². The van der Waals surface area contributed by atoms with Crippen LogP contribution < -0.4 is 5.32 Å². The summed E-state index contributed by atoms with van der Waals surface area (Å²) in [6.07, 6.45) is 65.4. The quantitative estimate of drug-likeness (QED) is 0.0425. The summed E-state index contributed by atoms with van der Waals surface area (Å²) in [6, 6.07) is -0.643. The molecular formula is C52H97NO3. The van der Waals surface area contributed by atoms with Gasteiger partial charge < -0.3 is 15.5 Å². The molecule has 4 nitrogen and oxygen atoms in total. The number of amides is 1. The lowest BCUT2D eigenvalue weighted by atomic mass is 10.0. The molecule has 1 amide bonds. The molecule has 0 aromatic carbocycles. The summed E-state index contributed by atoms with van der Waals surface area (Å²) in [4.78, 5) is 12.4. The highest BCUT2D eigenvalue weighted by Gasteiger charge is 2.17. The molecule has 2 atom stereocenters. The Morgan fingerprint density at radius 2 is 0.696 bits per heavy atom. The van der Waals surface area contributed by atoms with Gasteiger partial charge in [0.05, 0.1) is 18.8 Å². The van der Waals surface area contributed by atoms with Gasteiger partial charge >= 0.3 is 0 Å². The molecule has 0 rings (SSSR count). The monoisotopic (exact) mass is 784 g/mol. The zero-order valence-electron chi connectivity index (χ0n) is 37.7. The van der Waals surface area contributed by atoms with Crippen LogP contribution in [0.5, 0.6) is 0 Å². The van der Waals surface area contributed by atoms with E-state index in [4.69, 9.17) is 0 Å². The third kappa shape index (κ3) is 43.5. The van der Waals surface area contributed by atoms with E-state index in [1.54, 1.807) is 6.08 Å². The number of hydrogen-bond donors (Lipinski definition) is 3. The molecule has 0 fully saturated rings. The van der Waals surface area contributed by atoms with Crippen LogP contribution in [0.15, 0.2) is 48.6 Å². The van der Waals surface area contributed by atoms with Crippen LogP contribution in [0.3, 0.4) is 0 Å². The van der Waals surface area contributed by atoms with Crippen molar-refractivity contribution < 1.29 is 15.0 Å². The van der Waals surface area contributed by atoms with Crippen molar-refractivity contribution in [2.24, 2.45) is 0 Å². The smallest absolute Gasteiger partial charge is 0.220 e. The maximum Gasteiger partial charge on any atom is 0.220 e. The molecule has 0 aromatic heterocycles. The van der Waals surface area contributed by atoms with Crippen molar-refractivity contribution in [1.29, 1.82) is 0 Å². The summed E-state index contributed by atoms with van der Waals surface area (Å²) >= 11 is 0. The molecule has 0 radical (unpaired) electrons. The Kier molecular flexibility index (Phi) is 46.3. The number of hydrogen-bond acceptors (Lipinski definition) is 3. The fraction of sp³-hybridized carbons (Fsp3) is 0.827. The first-order valence-electron chi connectivity index (χ1n) is 24.9. The van der Waals surface area contributed by atoms with E-state index >= 15 is 0 Å². The van der Waals surface area contributed by atoms with Crippen LogP contribution in [0, 0.1) is 0 Å². The van der Waals surface area contributed by atoms with Crippen molar-refractivity contribution in [3.8, 4) is 0 Å². The number of carbonyl (C=O) groups is 1. The summed E-state index contributed by atoms with van der Waals surface area (Å²) < 4.78 is 0. The van der Waals surface area contributed by atoms with Crippen molar-refractivity contribution in [3.63, 3.8) is 0 Å². The molecule has 0 saturated carbocycles. The summed E-state index contributed by atoms with van der Waals surface area (Å²) in [5.74, 6) is -0.0766. The second kappa shape index (κ2) is 47.7. The summed E-state index contributed by atoms with van der Waals surface area (Å²) in [7, 11) is 0. The molecular weight excluding hydrogens is 687 g/mol. The average molecular weight is 784 g/mol. The first-order valence-corrected chi connectivity index (χ1v) is 24.9. The Labute approximate surface area is 350 Å². The Morgan fingerprint density at radius 1 is 0.411 bits per heavy atom. The Balaban J connectivity index is 3.47. The van der Waals surface area contributed by atoms with E-state index in [1.807, 2.05) is 6.08 Å². The fourth-order valence-corrected chi connectivity index (χ4v) is 7.44. The van der Waals surface area contributed by atoms with Crippen LogP contribution in [0.2, 0.25) is 0 Å². The number of aliphatic hydroxyl groups is 2. The minimum atomic E-state index is -0.868. The van der Waals surface area contributed by atoms with E-state index < -0.39 is 12.1 Å². The predicted molar refractivity (Wildman–Crippen MR) is 248 cm³/mol. The summed E-state index contributed by atoms with van der Waals surface area (Å²) in [5, 5.41) is 23.0. The van der Waals surface area contributed by atoms with Gasteiger partial charge in [-0.3, -0.25) is 4.79 Å². The van der Waals surface area contributed by atoms with E-state index in [1.165, 1.54) is 199 Å². The van der Waals surface area contributed by atoms with Crippen molar-refractivity contribution in [3.05, 3.63) is 48.6 Å². The van der Waals surface area contributed by atoms with Gasteiger partial charge in [0.25, 0.3) is 0 Å². The SMILES string of the molecule is CCCCC/C=C/CC/C=C/CC/C=C/C(O)C(CO)NC(=O)CCCCCCCCCCCCCCCCCCCCC/C=C\CCCCCCCCCC. The molecule has 0 aromatic rings. The van der Waals surface area contributed by atoms with Gasteiger partial charge in [-0.25, -0.2) is 0 Å². The Hall–Kier alpha value is -1.65. The first-order chi connectivity index (χ1) is 27.7. The standard InChI is InChI=1S/C52H97NO3/c1-3-5-7-9-11-13-15-17-18-19-20-21-22-23-24-25-26-27-28-29-30-31-32-33-34-36-38-40-42-44-46-48-52(56)53-50(49-54)51(55)47-45-43-41-39-37-35-16-14-12-10-8-6-4-2/h12,14,19-20,37,39,45,47,50-51,54-55H,3-11,13,15-18,21-36,38,40-44,46,48-49H2,1-2H3,(H,53,56)/b14-12+,20-19-,39-37+,47-45+. The van der Waals surface area contributed by atoms with Crippen molar-refractivity contribution in [2.75, 3.05) is 6.61 Å². The third-order valence-electron chi connectivity index (χ3n) is 11.3. The van der Waals surface area contributed by atoms with Gasteiger partial charge in [0, 0.05) is 6.42 Å². The number of aliphatic hydroxyl groups excluding tert-OH is 2. The van der Waals surface area contributed by atoms with Gasteiger partial charge in [0.15, 0.2) is 0 Å². The second-order valence-electron chi connectivity index (χ2n) is 16.9. The lowest BCUT2D eigenvalue weighted by Crippen LogP contribution is -2.45. The second-order valence-corrected chi connectivity index (χ2v) is 16.9. The third-order valence-corrected chi connectivity index (χ3v) is 11.3. The van der Waals surface area contributed by atoms with E-state index in [9.17, 15) is 15.0 Å².